The summed E-state index contributed by atoms with van der Waals surface area (Å²) in [6, 6.07) is 9.05. The van der Waals surface area contributed by atoms with Crippen LogP contribution in [-0.2, 0) is 6.42 Å². The maximum absolute atomic E-state index is 10.8. The van der Waals surface area contributed by atoms with E-state index >= 15 is 0 Å². The fourth-order valence-electron chi connectivity index (χ4n) is 2.17. The third kappa shape index (κ3) is 3.92. The maximum atomic E-state index is 10.8. The Balaban J connectivity index is 2.18. The van der Waals surface area contributed by atoms with Crippen molar-refractivity contribution in [2.75, 3.05) is 6.54 Å². The molecule has 1 aromatic carbocycles. The van der Waals surface area contributed by atoms with Crippen LogP contribution in [0.3, 0.4) is 0 Å². The van der Waals surface area contributed by atoms with Crippen LogP contribution in [0.25, 0.3) is 11.3 Å². The van der Waals surface area contributed by atoms with E-state index in [-0.39, 0.29) is 5.69 Å². The lowest BCUT2D eigenvalue weighted by Gasteiger charge is -2.09. The zero-order valence-electron chi connectivity index (χ0n) is 11.9. The van der Waals surface area contributed by atoms with Gasteiger partial charge < -0.3 is 9.73 Å². The molecule has 0 saturated heterocycles. The lowest BCUT2D eigenvalue weighted by molar-refractivity contribution is -0.385. The molecule has 0 radical (unpaired) electrons. The van der Waals surface area contributed by atoms with Crippen molar-refractivity contribution in [1.82, 2.24) is 5.32 Å². The molecule has 0 spiro atoms. The minimum absolute atomic E-state index is 0.0475. The van der Waals surface area contributed by atoms with Crippen LogP contribution < -0.4 is 5.32 Å². The van der Waals surface area contributed by atoms with E-state index in [1.165, 1.54) is 6.07 Å². The van der Waals surface area contributed by atoms with E-state index < -0.39 is 4.92 Å². The molecule has 0 aliphatic rings. The zero-order valence-corrected chi connectivity index (χ0v) is 13.5. The number of rotatable bonds is 6. The van der Waals surface area contributed by atoms with E-state index in [0.717, 1.165) is 24.3 Å². The smallest absolute Gasteiger partial charge is 0.283 e. The maximum Gasteiger partial charge on any atom is 0.283 e. The van der Waals surface area contributed by atoms with Gasteiger partial charge in [-0.25, -0.2) is 0 Å². The average Bonchev–Trinajstić information content (AvgIpc) is 2.86. The lowest BCUT2D eigenvalue weighted by atomic mass is 10.1. The quantitative estimate of drug-likeness (QED) is 0.626. The van der Waals surface area contributed by atoms with Crippen LogP contribution >= 0.6 is 15.9 Å². The van der Waals surface area contributed by atoms with E-state index in [2.05, 4.69) is 35.1 Å². The molecule has 1 heterocycles. The highest BCUT2D eigenvalue weighted by molar-refractivity contribution is 9.10. The summed E-state index contributed by atoms with van der Waals surface area (Å²) in [5, 5.41) is 14.1. The number of nitro benzene ring substituents is 1. The van der Waals surface area contributed by atoms with Gasteiger partial charge in [0.2, 0.25) is 0 Å². The summed E-state index contributed by atoms with van der Waals surface area (Å²) < 4.78 is 6.26. The number of halogens is 1. The predicted molar refractivity (Wildman–Crippen MR) is 85.3 cm³/mol. The van der Waals surface area contributed by atoms with Crippen molar-refractivity contribution in [3.63, 3.8) is 0 Å². The van der Waals surface area contributed by atoms with Crippen molar-refractivity contribution in [2.45, 2.75) is 26.3 Å². The first kappa shape index (κ1) is 15.7. The summed E-state index contributed by atoms with van der Waals surface area (Å²) >= 11 is 3.22. The van der Waals surface area contributed by atoms with E-state index in [4.69, 9.17) is 4.42 Å². The summed E-state index contributed by atoms with van der Waals surface area (Å²) in [6.45, 7) is 5.09. The van der Waals surface area contributed by atoms with Crippen LogP contribution in [0, 0.1) is 10.1 Å². The number of hydrogen-bond acceptors (Lipinski definition) is 4. The van der Waals surface area contributed by atoms with Crippen molar-refractivity contribution in [3.05, 3.63) is 50.7 Å². The van der Waals surface area contributed by atoms with E-state index in [1.54, 1.807) is 12.1 Å². The van der Waals surface area contributed by atoms with E-state index in [0.29, 0.717) is 16.3 Å². The van der Waals surface area contributed by atoms with Crippen LogP contribution in [0.4, 0.5) is 5.69 Å². The van der Waals surface area contributed by atoms with Crippen LogP contribution in [0.2, 0.25) is 0 Å². The second kappa shape index (κ2) is 6.87. The van der Waals surface area contributed by atoms with Crippen LogP contribution in [0.1, 0.15) is 19.6 Å². The fraction of sp³-hybridized carbons (Fsp3) is 0.333. The Morgan fingerprint density at radius 1 is 1.38 bits per heavy atom. The van der Waals surface area contributed by atoms with Crippen LogP contribution in [-0.4, -0.2) is 17.5 Å². The van der Waals surface area contributed by atoms with Gasteiger partial charge in [0, 0.05) is 24.1 Å². The topological polar surface area (TPSA) is 68.3 Å². The van der Waals surface area contributed by atoms with Crippen LogP contribution in [0.5, 0.6) is 0 Å². The largest absolute Gasteiger partial charge is 0.461 e. The first-order valence-corrected chi connectivity index (χ1v) is 7.57. The molecule has 5 nitrogen and oxygen atoms in total. The number of hydrogen-bond donors (Lipinski definition) is 1. The van der Waals surface area contributed by atoms with Gasteiger partial charge in [0.05, 0.1) is 9.40 Å². The van der Waals surface area contributed by atoms with Gasteiger partial charge in [0.25, 0.3) is 5.69 Å². The van der Waals surface area contributed by atoms with Gasteiger partial charge in [0.15, 0.2) is 0 Å². The first-order chi connectivity index (χ1) is 10.0. The summed E-state index contributed by atoms with van der Waals surface area (Å²) in [6.07, 6.45) is 0.808. The second-order valence-corrected chi connectivity index (χ2v) is 5.71. The van der Waals surface area contributed by atoms with Gasteiger partial charge in [-0.15, -0.1) is 0 Å². The number of nitrogens with one attached hydrogen (secondary N) is 1. The third-order valence-electron chi connectivity index (χ3n) is 3.15. The third-order valence-corrected chi connectivity index (χ3v) is 3.79. The SMILES string of the molecule is CCNC(C)Cc1ccc(-c2ccc([N+](=O)[O-])c(Br)c2)o1. The number of likely N-dealkylation sites (N-methyl/N-ethyl adjacent to an activating group) is 1. The summed E-state index contributed by atoms with van der Waals surface area (Å²) in [5.74, 6) is 1.61. The molecular weight excluding hydrogens is 336 g/mol. The summed E-state index contributed by atoms with van der Waals surface area (Å²) in [7, 11) is 0. The Morgan fingerprint density at radius 3 is 2.76 bits per heavy atom. The summed E-state index contributed by atoms with van der Waals surface area (Å²) in [4.78, 5) is 10.4. The molecule has 0 aliphatic carbocycles. The molecule has 2 aromatic rings. The highest BCUT2D eigenvalue weighted by atomic mass is 79.9. The van der Waals surface area contributed by atoms with Crippen molar-refractivity contribution >= 4 is 21.6 Å². The summed E-state index contributed by atoms with van der Waals surface area (Å²) in [5.41, 5.74) is 0.862. The number of furan rings is 1. The molecule has 1 atom stereocenters. The van der Waals surface area contributed by atoms with Gasteiger partial charge in [-0.3, -0.25) is 10.1 Å². The zero-order chi connectivity index (χ0) is 15.4. The number of benzene rings is 1. The van der Waals surface area contributed by atoms with Crippen molar-refractivity contribution in [2.24, 2.45) is 0 Å². The molecule has 21 heavy (non-hydrogen) atoms. The van der Waals surface area contributed by atoms with Crippen LogP contribution in [0.15, 0.2) is 39.2 Å². The Labute approximate surface area is 131 Å². The molecule has 112 valence electrons. The molecule has 0 aliphatic heterocycles. The molecule has 1 unspecified atom stereocenters. The van der Waals surface area contributed by atoms with Crippen molar-refractivity contribution < 1.29 is 9.34 Å². The standard InChI is InChI=1S/C15H17BrN2O3/c1-3-17-10(2)8-12-5-7-15(21-12)11-4-6-14(18(19)20)13(16)9-11/h4-7,9-10,17H,3,8H2,1-2H3. The minimum Gasteiger partial charge on any atom is -0.461 e. The monoisotopic (exact) mass is 352 g/mol. The fourth-order valence-corrected chi connectivity index (χ4v) is 2.70. The van der Waals surface area contributed by atoms with Crippen molar-refractivity contribution in [1.29, 1.82) is 0 Å². The molecular formula is C15H17BrN2O3. The number of nitro groups is 1. The second-order valence-electron chi connectivity index (χ2n) is 4.85. The normalized spacial score (nSPS) is 12.3. The Morgan fingerprint density at radius 2 is 2.14 bits per heavy atom. The average molecular weight is 353 g/mol. The molecule has 0 bridgehead atoms. The highest BCUT2D eigenvalue weighted by Gasteiger charge is 2.14. The first-order valence-electron chi connectivity index (χ1n) is 6.77. The molecule has 1 N–H and O–H groups in total. The molecule has 0 saturated carbocycles. The molecule has 0 fully saturated rings. The van der Waals surface area contributed by atoms with Gasteiger partial charge in [-0.05, 0) is 53.7 Å². The van der Waals surface area contributed by atoms with E-state index in [9.17, 15) is 10.1 Å². The molecule has 1 aromatic heterocycles. The predicted octanol–water partition coefficient (Wildman–Crippen LogP) is 4.16. The number of nitrogens with zero attached hydrogens (tertiary/aromatic N) is 1. The van der Waals surface area contributed by atoms with Gasteiger partial charge in [-0.1, -0.05) is 6.92 Å². The molecule has 6 heteroatoms. The minimum atomic E-state index is -0.417. The Bertz CT molecular complexity index is 640. The Hall–Kier alpha value is -1.66. The van der Waals surface area contributed by atoms with Crippen molar-refractivity contribution in [3.8, 4) is 11.3 Å². The molecule has 2 rings (SSSR count). The lowest BCUT2D eigenvalue weighted by Crippen LogP contribution is -2.27. The Kier molecular flexibility index (Phi) is 5.14. The van der Waals surface area contributed by atoms with Gasteiger partial charge >= 0.3 is 0 Å². The highest BCUT2D eigenvalue weighted by Crippen LogP contribution is 2.31. The van der Waals surface area contributed by atoms with Gasteiger partial charge in [-0.2, -0.15) is 0 Å². The van der Waals surface area contributed by atoms with E-state index in [1.807, 2.05) is 12.1 Å². The van der Waals surface area contributed by atoms with Gasteiger partial charge in [0.1, 0.15) is 11.5 Å². The molecule has 0 amide bonds.